The number of Topliss-reactive ketones (excluding diaryl/α,β-unsaturated/α-hetero) is 1. The Morgan fingerprint density at radius 3 is 2.85 bits per heavy atom. The van der Waals surface area contributed by atoms with Crippen molar-refractivity contribution in [2.24, 2.45) is 0 Å². The number of halogens is 1. The molecular weight excluding hydrogens is 426 g/mol. The highest BCUT2D eigenvalue weighted by molar-refractivity contribution is 9.10. The van der Waals surface area contributed by atoms with Gasteiger partial charge in [-0.25, -0.2) is 4.98 Å². The van der Waals surface area contributed by atoms with E-state index in [1.165, 1.54) is 11.8 Å². The Balaban J connectivity index is 1.92. The number of aromatic nitrogens is 2. The molecule has 0 spiro atoms. The highest BCUT2D eigenvalue weighted by atomic mass is 79.9. The molecule has 1 aliphatic heterocycles. The van der Waals surface area contributed by atoms with Gasteiger partial charge in [0.25, 0.3) is 5.56 Å². The second-order valence-corrected chi connectivity index (χ2v) is 8.67. The zero-order chi connectivity index (χ0) is 19.0. The number of allylic oxidation sites excluding steroid dienone is 2. The average Bonchev–Trinajstić information content (AvgIpc) is 2.65. The number of carbonyl (C=O) groups excluding carboxylic acids is 1. The van der Waals surface area contributed by atoms with Gasteiger partial charge >= 0.3 is 0 Å². The highest BCUT2D eigenvalue weighted by Crippen LogP contribution is 2.45. The summed E-state index contributed by atoms with van der Waals surface area (Å²) in [6.45, 7) is 2.09. The minimum Gasteiger partial charge on any atom is -0.343 e. The average molecular weight is 446 g/mol. The molecule has 0 fully saturated rings. The van der Waals surface area contributed by atoms with Gasteiger partial charge in [-0.2, -0.15) is 0 Å². The first-order valence-electron chi connectivity index (χ1n) is 9.14. The zero-order valence-corrected chi connectivity index (χ0v) is 17.4. The number of rotatable bonds is 4. The van der Waals surface area contributed by atoms with E-state index in [1.807, 2.05) is 24.3 Å². The molecule has 0 radical (unpaired) electrons. The van der Waals surface area contributed by atoms with Crippen LogP contribution in [0.2, 0.25) is 0 Å². The molecule has 5 nitrogen and oxygen atoms in total. The number of nitrogens with zero attached hydrogens (tertiary/aromatic N) is 1. The minimum absolute atomic E-state index is 0.110. The Morgan fingerprint density at radius 1 is 1.26 bits per heavy atom. The van der Waals surface area contributed by atoms with E-state index in [2.05, 4.69) is 38.1 Å². The van der Waals surface area contributed by atoms with Crippen molar-refractivity contribution >= 4 is 39.3 Å². The lowest BCUT2D eigenvalue weighted by Gasteiger charge is -2.33. The lowest BCUT2D eigenvalue weighted by atomic mass is 9.76. The summed E-state index contributed by atoms with van der Waals surface area (Å²) in [7, 11) is 0. The predicted octanol–water partition coefficient (Wildman–Crippen LogP) is 4.60. The molecular formula is C20H20BrN3O2S. The van der Waals surface area contributed by atoms with E-state index in [0.29, 0.717) is 28.5 Å². The number of aromatic amines is 1. The minimum atomic E-state index is -0.402. The molecule has 2 N–H and O–H groups in total. The van der Waals surface area contributed by atoms with E-state index in [9.17, 15) is 9.59 Å². The number of thioether (sulfide) groups is 1. The maximum Gasteiger partial charge on any atom is 0.257 e. The van der Waals surface area contributed by atoms with Crippen molar-refractivity contribution in [3.05, 3.63) is 61.5 Å². The van der Waals surface area contributed by atoms with Gasteiger partial charge < -0.3 is 10.3 Å². The summed E-state index contributed by atoms with van der Waals surface area (Å²) in [6.07, 6.45) is 3.14. The van der Waals surface area contributed by atoms with Gasteiger partial charge in [0.05, 0.1) is 5.56 Å². The number of ketones is 1. The monoisotopic (exact) mass is 445 g/mol. The second kappa shape index (κ2) is 7.64. The third kappa shape index (κ3) is 3.38. The van der Waals surface area contributed by atoms with Crippen molar-refractivity contribution in [3.63, 3.8) is 0 Å². The van der Waals surface area contributed by atoms with E-state index in [-0.39, 0.29) is 11.3 Å². The van der Waals surface area contributed by atoms with E-state index >= 15 is 0 Å². The molecule has 7 heteroatoms. The smallest absolute Gasteiger partial charge is 0.257 e. The Morgan fingerprint density at radius 2 is 2.07 bits per heavy atom. The molecule has 1 atom stereocenters. The van der Waals surface area contributed by atoms with Crippen LogP contribution in [0.5, 0.6) is 0 Å². The van der Waals surface area contributed by atoms with Crippen LogP contribution in [0.25, 0.3) is 0 Å². The van der Waals surface area contributed by atoms with Gasteiger partial charge in [0.2, 0.25) is 0 Å². The summed E-state index contributed by atoms with van der Waals surface area (Å²) in [5.74, 6) is 1.17. The highest BCUT2D eigenvalue weighted by Gasteiger charge is 2.38. The first kappa shape index (κ1) is 18.5. The Kier molecular flexibility index (Phi) is 5.23. The van der Waals surface area contributed by atoms with Crippen molar-refractivity contribution in [1.82, 2.24) is 9.97 Å². The number of H-pyrrole nitrogens is 1. The molecule has 1 aromatic heterocycles. The molecule has 0 bridgehead atoms. The third-order valence-electron chi connectivity index (χ3n) is 4.90. The molecule has 4 rings (SSSR count). The number of hydrogen-bond acceptors (Lipinski definition) is 5. The normalized spacial score (nSPS) is 18.7. The van der Waals surface area contributed by atoms with E-state index in [0.717, 1.165) is 40.7 Å². The molecule has 0 saturated carbocycles. The maximum atomic E-state index is 13.0. The third-order valence-corrected chi connectivity index (χ3v) is 6.70. The summed E-state index contributed by atoms with van der Waals surface area (Å²) in [5.41, 5.74) is 2.88. The van der Waals surface area contributed by atoms with Crippen LogP contribution in [-0.2, 0) is 4.79 Å². The van der Waals surface area contributed by atoms with Gasteiger partial charge in [-0.1, -0.05) is 52.8 Å². The van der Waals surface area contributed by atoms with Crippen LogP contribution >= 0.6 is 27.7 Å². The first-order chi connectivity index (χ1) is 13.1. The van der Waals surface area contributed by atoms with Crippen LogP contribution in [0.4, 0.5) is 5.82 Å². The van der Waals surface area contributed by atoms with Gasteiger partial charge in [0, 0.05) is 33.8 Å². The fourth-order valence-electron chi connectivity index (χ4n) is 3.73. The van der Waals surface area contributed by atoms with E-state index in [1.54, 1.807) is 0 Å². The summed E-state index contributed by atoms with van der Waals surface area (Å²) in [4.78, 5) is 33.4. The van der Waals surface area contributed by atoms with E-state index < -0.39 is 5.92 Å². The van der Waals surface area contributed by atoms with Crippen molar-refractivity contribution in [3.8, 4) is 0 Å². The Labute approximate surface area is 170 Å². The number of fused-ring (bicyclic) bond motifs is 1. The van der Waals surface area contributed by atoms with Gasteiger partial charge in [0.1, 0.15) is 5.82 Å². The van der Waals surface area contributed by atoms with Crippen molar-refractivity contribution in [2.45, 2.75) is 43.7 Å². The Bertz CT molecular complexity index is 999. The van der Waals surface area contributed by atoms with Crippen LogP contribution in [-0.4, -0.2) is 21.5 Å². The van der Waals surface area contributed by atoms with Gasteiger partial charge in [0.15, 0.2) is 10.9 Å². The quantitative estimate of drug-likeness (QED) is 0.531. The number of anilines is 1. The van der Waals surface area contributed by atoms with Crippen molar-refractivity contribution in [2.75, 3.05) is 11.1 Å². The van der Waals surface area contributed by atoms with Gasteiger partial charge in [-0.15, -0.1) is 0 Å². The lowest BCUT2D eigenvalue weighted by molar-refractivity contribution is -0.116. The number of hydrogen-bond donors (Lipinski definition) is 2. The predicted molar refractivity (Wildman–Crippen MR) is 111 cm³/mol. The second-order valence-electron chi connectivity index (χ2n) is 6.73. The van der Waals surface area contributed by atoms with Crippen LogP contribution in [0.1, 0.15) is 49.7 Å². The van der Waals surface area contributed by atoms with Crippen LogP contribution < -0.4 is 10.9 Å². The Hall–Kier alpha value is -1.86. The molecule has 1 unspecified atom stereocenters. The summed E-state index contributed by atoms with van der Waals surface area (Å²) in [5, 5.41) is 3.92. The summed E-state index contributed by atoms with van der Waals surface area (Å²) >= 11 is 5.14. The van der Waals surface area contributed by atoms with E-state index in [4.69, 9.17) is 0 Å². The fourth-order valence-corrected chi connectivity index (χ4v) is 4.96. The number of carbonyl (C=O) groups is 1. The van der Waals surface area contributed by atoms with Gasteiger partial charge in [-0.05, 0) is 30.9 Å². The standard InChI is InChI=1S/C20H20BrN3O2S/c1-2-10-27-20-23-18-17(19(26)24-20)15(11-6-3-4-7-12(11)21)16-13(22-18)8-5-9-14(16)25/h3-4,6-7,15H,2,5,8-10H2,1H3,(H2,22,23,24,26). The SMILES string of the molecule is CCCSc1nc2c(c(=O)[nH]1)C(c1ccccc1Br)C1=C(CCCC1=O)N2. The molecule has 1 aromatic carbocycles. The molecule has 27 heavy (non-hydrogen) atoms. The molecule has 2 aromatic rings. The number of benzene rings is 1. The van der Waals surface area contributed by atoms with Crippen LogP contribution in [0.15, 0.2) is 50.0 Å². The topological polar surface area (TPSA) is 74.8 Å². The fraction of sp³-hybridized carbons (Fsp3) is 0.350. The molecule has 2 heterocycles. The maximum absolute atomic E-state index is 13.0. The first-order valence-corrected chi connectivity index (χ1v) is 10.9. The van der Waals surface area contributed by atoms with Gasteiger partial charge in [-0.3, -0.25) is 9.59 Å². The molecule has 0 saturated heterocycles. The molecule has 0 amide bonds. The van der Waals surface area contributed by atoms with Crippen molar-refractivity contribution in [1.29, 1.82) is 0 Å². The largest absolute Gasteiger partial charge is 0.343 e. The summed E-state index contributed by atoms with van der Waals surface area (Å²) < 4.78 is 0.886. The molecule has 140 valence electrons. The molecule has 2 aliphatic rings. The summed E-state index contributed by atoms with van der Waals surface area (Å²) in [6, 6.07) is 7.77. The van der Waals surface area contributed by atoms with Crippen LogP contribution in [0.3, 0.4) is 0 Å². The molecule has 1 aliphatic carbocycles. The van der Waals surface area contributed by atoms with Crippen LogP contribution in [0, 0.1) is 0 Å². The lowest BCUT2D eigenvalue weighted by Crippen LogP contribution is -2.32. The zero-order valence-electron chi connectivity index (χ0n) is 15.0. The van der Waals surface area contributed by atoms with Crippen molar-refractivity contribution < 1.29 is 4.79 Å². The number of nitrogens with one attached hydrogen (secondary N) is 2.